The van der Waals surface area contributed by atoms with Crippen molar-refractivity contribution < 1.29 is 14.7 Å². The molecule has 0 radical (unpaired) electrons. The van der Waals surface area contributed by atoms with Crippen LogP contribution < -0.4 is 5.32 Å². The molecule has 7 heteroatoms. The Balaban J connectivity index is 2.58. The average molecular weight is 271 g/mol. The van der Waals surface area contributed by atoms with Crippen molar-refractivity contribution >= 4 is 23.6 Å². The van der Waals surface area contributed by atoms with Gasteiger partial charge in [0, 0.05) is 30.0 Å². The number of aromatic nitrogens is 2. The number of rotatable bonds is 7. The lowest BCUT2D eigenvalue weighted by atomic mass is 10.1. The maximum atomic E-state index is 11.8. The van der Waals surface area contributed by atoms with Gasteiger partial charge in [0.2, 0.25) is 5.91 Å². The van der Waals surface area contributed by atoms with Crippen LogP contribution in [0.1, 0.15) is 12.6 Å². The number of thioether (sulfide) groups is 1. The third-order valence-corrected chi connectivity index (χ3v) is 3.29. The van der Waals surface area contributed by atoms with Gasteiger partial charge in [-0.25, -0.2) is 9.78 Å². The first-order valence-electron chi connectivity index (χ1n) is 5.54. The van der Waals surface area contributed by atoms with Crippen molar-refractivity contribution in [3.63, 3.8) is 0 Å². The van der Waals surface area contributed by atoms with Crippen molar-refractivity contribution in [2.24, 2.45) is 5.92 Å². The molecule has 1 aromatic heterocycles. The van der Waals surface area contributed by atoms with E-state index in [1.165, 1.54) is 6.33 Å². The number of aliphatic carboxylic acids is 1. The number of aromatic amines is 1. The summed E-state index contributed by atoms with van der Waals surface area (Å²) in [5.74, 6) is -0.823. The number of H-pyrrole nitrogens is 1. The summed E-state index contributed by atoms with van der Waals surface area (Å²) in [6, 6.07) is -0.928. The van der Waals surface area contributed by atoms with Crippen LogP contribution in [0.4, 0.5) is 0 Å². The van der Waals surface area contributed by atoms with Crippen molar-refractivity contribution in [2.75, 3.05) is 12.0 Å². The van der Waals surface area contributed by atoms with Gasteiger partial charge in [-0.1, -0.05) is 6.92 Å². The second-order valence-electron chi connectivity index (χ2n) is 4.04. The van der Waals surface area contributed by atoms with Crippen LogP contribution in [0.15, 0.2) is 12.5 Å². The highest BCUT2D eigenvalue weighted by Gasteiger charge is 2.23. The monoisotopic (exact) mass is 271 g/mol. The lowest BCUT2D eigenvalue weighted by molar-refractivity contribution is -0.142. The van der Waals surface area contributed by atoms with Gasteiger partial charge >= 0.3 is 5.97 Å². The molecule has 0 saturated carbocycles. The average Bonchev–Trinajstić information content (AvgIpc) is 2.81. The van der Waals surface area contributed by atoms with Crippen molar-refractivity contribution in [1.29, 1.82) is 0 Å². The van der Waals surface area contributed by atoms with Crippen LogP contribution in [-0.4, -0.2) is 45.0 Å². The van der Waals surface area contributed by atoms with E-state index in [1.54, 1.807) is 24.9 Å². The van der Waals surface area contributed by atoms with E-state index >= 15 is 0 Å². The molecule has 0 spiro atoms. The van der Waals surface area contributed by atoms with Crippen LogP contribution in [0.25, 0.3) is 0 Å². The molecule has 3 N–H and O–H groups in total. The molecule has 0 aliphatic rings. The molecule has 0 aliphatic heterocycles. The molecule has 18 heavy (non-hydrogen) atoms. The molecule has 0 aliphatic carbocycles. The number of carbonyl (C=O) groups is 2. The SMILES string of the molecule is CSCC(C)C(=O)N[C@@H](Cc1cnc[nH]1)C(=O)O. The summed E-state index contributed by atoms with van der Waals surface area (Å²) in [4.78, 5) is 29.5. The Labute approximate surface area is 110 Å². The van der Waals surface area contributed by atoms with E-state index in [2.05, 4.69) is 15.3 Å². The first-order chi connectivity index (χ1) is 8.54. The molecule has 1 aromatic rings. The van der Waals surface area contributed by atoms with E-state index in [1.807, 2.05) is 6.26 Å². The molecule has 1 unspecified atom stereocenters. The number of amides is 1. The third-order valence-electron chi connectivity index (χ3n) is 2.46. The number of carboxylic acid groups (broad SMARTS) is 1. The number of nitrogens with zero attached hydrogens (tertiary/aromatic N) is 1. The van der Waals surface area contributed by atoms with Gasteiger partial charge in [-0.15, -0.1) is 0 Å². The Kier molecular flexibility index (Phi) is 5.70. The zero-order valence-electron chi connectivity index (χ0n) is 10.3. The van der Waals surface area contributed by atoms with Gasteiger partial charge in [0.1, 0.15) is 6.04 Å². The minimum atomic E-state index is -1.05. The highest BCUT2D eigenvalue weighted by Crippen LogP contribution is 2.06. The Bertz CT molecular complexity index is 394. The molecule has 6 nitrogen and oxygen atoms in total. The van der Waals surface area contributed by atoms with Crippen LogP contribution in [-0.2, 0) is 16.0 Å². The normalized spacial score (nSPS) is 13.9. The van der Waals surface area contributed by atoms with Crippen molar-refractivity contribution in [3.8, 4) is 0 Å². The molecule has 1 amide bonds. The van der Waals surface area contributed by atoms with Gasteiger partial charge in [-0.05, 0) is 6.26 Å². The fraction of sp³-hybridized carbons (Fsp3) is 0.545. The lowest BCUT2D eigenvalue weighted by Gasteiger charge is -2.16. The van der Waals surface area contributed by atoms with Crippen LogP contribution in [0.3, 0.4) is 0 Å². The van der Waals surface area contributed by atoms with Crippen LogP contribution in [0.2, 0.25) is 0 Å². The number of hydrogen-bond donors (Lipinski definition) is 3. The van der Waals surface area contributed by atoms with E-state index in [-0.39, 0.29) is 18.2 Å². The summed E-state index contributed by atoms with van der Waals surface area (Å²) in [6.45, 7) is 1.78. The first-order valence-corrected chi connectivity index (χ1v) is 6.93. The number of carboxylic acids is 1. The van der Waals surface area contributed by atoms with E-state index in [9.17, 15) is 9.59 Å². The Morgan fingerprint density at radius 2 is 2.33 bits per heavy atom. The highest BCUT2D eigenvalue weighted by molar-refractivity contribution is 7.98. The summed E-state index contributed by atoms with van der Waals surface area (Å²) < 4.78 is 0. The predicted molar refractivity (Wildman–Crippen MR) is 69.4 cm³/mol. The smallest absolute Gasteiger partial charge is 0.326 e. The van der Waals surface area contributed by atoms with E-state index < -0.39 is 12.0 Å². The summed E-state index contributed by atoms with van der Waals surface area (Å²) in [5, 5.41) is 11.6. The quantitative estimate of drug-likeness (QED) is 0.672. The lowest BCUT2D eigenvalue weighted by Crippen LogP contribution is -2.45. The van der Waals surface area contributed by atoms with Crippen molar-refractivity contribution in [2.45, 2.75) is 19.4 Å². The fourth-order valence-corrected chi connectivity index (χ4v) is 2.11. The maximum Gasteiger partial charge on any atom is 0.326 e. The highest BCUT2D eigenvalue weighted by atomic mass is 32.2. The summed E-state index contributed by atoms with van der Waals surface area (Å²) in [7, 11) is 0. The van der Waals surface area contributed by atoms with Gasteiger partial charge in [0.15, 0.2) is 0 Å². The van der Waals surface area contributed by atoms with Crippen molar-refractivity contribution in [3.05, 3.63) is 18.2 Å². The third kappa shape index (κ3) is 4.40. The van der Waals surface area contributed by atoms with E-state index in [4.69, 9.17) is 5.11 Å². The van der Waals surface area contributed by atoms with Crippen LogP contribution in [0.5, 0.6) is 0 Å². The van der Waals surface area contributed by atoms with Crippen molar-refractivity contribution in [1.82, 2.24) is 15.3 Å². The van der Waals surface area contributed by atoms with Gasteiger partial charge in [-0.2, -0.15) is 11.8 Å². The predicted octanol–water partition coefficient (Wildman–Crippen LogP) is 0.521. The van der Waals surface area contributed by atoms with Gasteiger partial charge in [-0.3, -0.25) is 4.79 Å². The fourth-order valence-electron chi connectivity index (χ4n) is 1.46. The molecule has 1 heterocycles. The topological polar surface area (TPSA) is 95.1 Å². The number of nitrogens with one attached hydrogen (secondary N) is 2. The summed E-state index contributed by atoms with van der Waals surface area (Å²) >= 11 is 1.55. The van der Waals surface area contributed by atoms with Gasteiger partial charge in [0.05, 0.1) is 6.33 Å². The minimum Gasteiger partial charge on any atom is -0.480 e. The molecule has 100 valence electrons. The molecule has 0 saturated heterocycles. The van der Waals surface area contributed by atoms with Crippen LogP contribution in [0, 0.1) is 5.92 Å². The zero-order valence-corrected chi connectivity index (χ0v) is 11.2. The second kappa shape index (κ2) is 7.05. The van der Waals surface area contributed by atoms with E-state index in [0.717, 1.165) is 0 Å². The molecular formula is C11H17N3O3S. The molecule has 0 bridgehead atoms. The number of hydrogen-bond acceptors (Lipinski definition) is 4. The largest absolute Gasteiger partial charge is 0.480 e. The molecule has 0 fully saturated rings. The van der Waals surface area contributed by atoms with Gasteiger partial charge in [0.25, 0.3) is 0 Å². The second-order valence-corrected chi connectivity index (χ2v) is 4.95. The zero-order chi connectivity index (χ0) is 13.5. The Morgan fingerprint density at radius 1 is 1.61 bits per heavy atom. The standard InChI is InChI=1S/C11H17N3O3S/c1-7(5-18-2)10(15)14-9(11(16)17)3-8-4-12-6-13-8/h4,6-7,9H,3,5H2,1-2H3,(H,12,13)(H,14,15)(H,16,17)/t7?,9-/m0/s1. The van der Waals surface area contributed by atoms with E-state index in [0.29, 0.717) is 11.4 Å². The molecule has 1 rings (SSSR count). The van der Waals surface area contributed by atoms with Crippen LogP contribution >= 0.6 is 11.8 Å². The number of imidazole rings is 1. The minimum absolute atomic E-state index is 0.201. The molecular weight excluding hydrogens is 254 g/mol. The van der Waals surface area contributed by atoms with Gasteiger partial charge < -0.3 is 15.4 Å². The summed E-state index contributed by atoms with van der Waals surface area (Å²) in [6.07, 6.45) is 5.13. The summed E-state index contributed by atoms with van der Waals surface area (Å²) in [5.41, 5.74) is 0.681. The maximum absolute atomic E-state index is 11.8. The Hall–Kier alpha value is -1.50. The first kappa shape index (κ1) is 14.6. The molecule has 0 aromatic carbocycles. The molecule has 2 atom stereocenters. The Morgan fingerprint density at radius 3 is 2.83 bits per heavy atom. The number of carbonyl (C=O) groups excluding carboxylic acids is 1.